The molecule has 2 aliphatic rings. The summed E-state index contributed by atoms with van der Waals surface area (Å²) in [5.74, 6) is -0.316. The van der Waals surface area contributed by atoms with E-state index in [2.05, 4.69) is 16.0 Å². The molecule has 1 amide bonds. The number of hydrogen-bond acceptors (Lipinski definition) is 7. The molecule has 1 N–H and O–H groups in total. The lowest BCUT2D eigenvalue weighted by Crippen LogP contribution is -2.50. The Balaban J connectivity index is 1.68. The van der Waals surface area contributed by atoms with Crippen LogP contribution in [0.5, 0.6) is 5.88 Å². The number of pyridine rings is 1. The van der Waals surface area contributed by atoms with Gasteiger partial charge < -0.3 is 19.3 Å². The number of carbonyl (C=O) groups excluding carboxylic acids is 1. The summed E-state index contributed by atoms with van der Waals surface area (Å²) in [7, 11) is -0.634. The standard InChI is InChI=1S/C24H33N5O5S/c1-16-11-29(17(2)14-30)24(31)20-9-19(18-7-5-6-8-18)10-25-23(20)34-21(16)12-28(4)35(32,33)22-13-27(3)15-26-22/h7,9-10,13,15-17,21,30H,5-6,8,11-12,14H2,1-4H3/t16-,17+,21-/m1/s1. The molecule has 35 heavy (non-hydrogen) atoms. The summed E-state index contributed by atoms with van der Waals surface area (Å²) in [6.07, 6.45) is 9.18. The minimum atomic E-state index is -3.83. The number of ether oxygens (including phenoxy) is 1. The van der Waals surface area contributed by atoms with Crippen LogP contribution in [0.2, 0.25) is 0 Å². The number of allylic oxidation sites excluding steroid dienone is 2. The van der Waals surface area contributed by atoms with Gasteiger partial charge in [0.2, 0.25) is 5.88 Å². The van der Waals surface area contributed by atoms with Crippen LogP contribution < -0.4 is 4.74 Å². The molecule has 0 unspecified atom stereocenters. The van der Waals surface area contributed by atoms with E-state index in [1.54, 1.807) is 35.7 Å². The fourth-order valence-electron chi connectivity index (χ4n) is 4.46. The Kier molecular flexibility index (Phi) is 7.30. The number of likely N-dealkylation sites (N-methyl/N-ethyl adjacent to an activating group) is 1. The Morgan fingerprint density at radius 2 is 2.11 bits per heavy atom. The van der Waals surface area contributed by atoms with Crippen molar-refractivity contribution in [2.45, 2.75) is 50.3 Å². The van der Waals surface area contributed by atoms with Crippen molar-refractivity contribution in [2.75, 3.05) is 26.7 Å². The van der Waals surface area contributed by atoms with E-state index in [1.807, 2.05) is 6.92 Å². The first-order valence-electron chi connectivity index (χ1n) is 11.8. The third kappa shape index (κ3) is 5.12. The number of fused-ring (bicyclic) bond motifs is 1. The summed E-state index contributed by atoms with van der Waals surface area (Å²) in [4.78, 5) is 23.6. The number of rotatable bonds is 7. The first kappa shape index (κ1) is 25.3. The van der Waals surface area contributed by atoms with E-state index in [4.69, 9.17) is 4.74 Å². The summed E-state index contributed by atoms with van der Waals surface area (Å²) in [6, 6.07) is 1.39. The number of aliphatic hydroxyl groups is 1. The van der Waals surface area contributed by atoms with E-state index in [9.17, 15) is 18.3 Å². The molecule has 0 saturated heterocycles. The van der Waals surface area contributed by atoms with Gasteiger partial charge in [-0.3, -0.25) is 4.79 Å². The third-order valence-electron chi connectivity index (χ3n) is 6.73. The third-order valence-corrected chi connectivity index (χ3v) is 8.43. The molecular formula is C24H33N5O5S. The second-order valence-electron chi connectivity index (χ2n) is 9.48. The predicted molar refractivity (Wildman–Crippen MR) is 130 cm³/mol. The zero-order chi connectivity index (χ0) is 25.3. The largest absolute Gasteiger partial charge is 0.472 e. The number of aliphatic hydroxyl groups excluding tert-OH is 1. The molecule has 0 radical (unpaired) electrons. The van der Waals surface area contributed by atoms with Gasteiger partial charge >= 0.3 is 0 Å². The van der Waals surface area contributed by atoms with Gasteiger partial charge in [0.05, 0.1) is 25.5 Å². The highest BCUT2D eigenvalue weighted by Crippen LogP contribution is 2.32. The molecule has 0 fully saturated rings. The smallest absolute Gasteiger partial charge is 0.261 e. The van der Waals surface area contributed by atoms with Crippen molar-refractivity contribution in [3.63, 3.8) is 0 Å². The van der Waals surface area contributed by atoms with Crippen LogP contribution in [0.1, 0.15) is 49.0 Å². The number of nitrogens with zero attached hydrogens (tertiary/aromatic N) is 5. The maximum atomic E-state index is 13.5. The summed E-state index contributed by atoms with van der Waals surface area (Å²) in [5, 5.41) is 9.79. The highest BCUT2D eigenvalue weighted by molar-refractivity contribution is 7.89. The van der Waals surface area contributed by atoms with Gasteiger partial charge in [0.15, 0.2) is 5.03 Å². The molecule has 4 rings (SSSR count). The Labute approximate surface area is 206 Å². The van der Waals surface area contributed by atoms with Crippen LogP contribution in [0.25, 0.3) is 5.57 Å². The maximum Gasteiger partial charge on any atom is 0.261 e. The van der Waals surface area contributed by atoms with Gasteiger partial charge in [-0.2, -0.15) is 4.31 Å². The van der Waals surface area contributed by atoms with E-state index in [0.717, 1.165) is 30.4 Å². The SMILES string of the molecule is C[C@@H]1CN([C@@H](C)CO)C(=O)c2cc(C3=CCCC3)cnc2O[C@@H]1CN(C)S(=O)(=O)c1cn(C)cn1. The van der Waals surface area contributed by atoms with Crippen LogP contribution >= 0.6 is 0 Å². The van der Waals surface area contributed by atoms with Crippen LogP contribution in [-0.2, 0) is 17.1 Å². The van der Waals surface area contributed by atoms with Gasteiger partial charge in [0, 0.05) is 39.0 Å². The van der Waals surface area contributed by atoms with Crippen LogP contribution in [0.15, 0.2) is 35.9 Å². The fourth-order valence-corrected chi connectivity index (χ4v) is 5.60. The Hall–Kier alpha value is -2.76. The molecule has 1 aliphatic carbocycles. The fraction of sp³-hybridized carbons (Fsp3) is 0.542. The Morgan fingerprint density at radius 3 is 2.74 bits per heavy atom. The molecule has 11 heteroatoms. The molecule has 0 aromatic carbocycles. The monoisotopic (exact) mass is 503 g/mol. The molecule has 190 valence electrons. The van der Waals surface area contributed by atoms with Gasteiger partial charge in [-0.1, -0.05) is 13.0 Å². The average Bonchev–Trinajstić information content (AvgIpc) is 3.53. The normalized spacial score (nSPS) is 21.8. The van der Waals surface area contributed by atoms with Crippen LogP contribution in [0, 0.1) is 5.92 Å². The number of aryl methyl sites for hydroxylation is 1. The van der Waals surface area contributed by atoms with E-state index in [-0.39, 0.29) is 35.9 Å². The first-order chi connectivity index (χ1) is 16.6. The Morgan fingerprint density at radius 1 is 1.34 bits per heavy atom. The second kappa shape index (κ2) is 10.1. The van der Waals surface area contributed by atoms with E-state index in [1.165, 1.54) is 23.9 Å². The molecule has 10 nitrogen and oxygen atoms in total. The van der Waals surface area contributed by atoms with Gasteiger partial charge in [-0.25, -0.2) is 18.4 Å². The maximum absolute atomic E-state index is 13.5. The number of carbonyl (C=O) groups is 1. The first-order valence-corrected chi connectivity index (χ1v) is 13.3. The van der Waals surface area contributed by atoms with Crippen LogP contribution in [-0.4, -0.2) is 82.1 Å². The minimum absolute atomic E-state index is 0.0419. The molecule has 0 bridgehead atoms. The zero-order valence-corrected chi connectivity index (χ0v) is 21.4. The van der Waals surface area contributed by atoms with Crippen molar-refractivity contribution < 1.29 is 23.1 Å². The van der Waals surface area contributed by atoms with Gasteiger partial charge in [0.1, 0.15) is 11.7 Å². The van der Waals surface area contributed by atoms with Crippen LogP contribution in [0.4, 0.5) is 0 Å². The van der Waals surface area contributed by atoms with Crippen molar-refractivity contribution in [3.05, 3.63) is 42.0 Å². The molecule has 0 spiro atoms. The van der Waals surface area contributed by atoms with Crippen molar-refractivity contribution in [2.24, 2.45) is 13.0 Å². The lowest BCUT2D eigenvalue weighted by Gasteiger charge is -2.37. The molecule has 0 saturated carbocycles. The number of hydrogen-bond donors (Lipinski definition) is 1. The van der Waals surface area contributed by atoms with E-state index >= 15 is 0 Å². The van der Waals surface area contributed by atoms with Gasteiger partial charge in [-0.15, -0.1) is 0 Å². The average molecular weight is 504 g/mol. The van der Waals surface area contributed by atoms with E-state index in [0.29, 0.717) is 12.1 Å². The zero-order valence-electron chi connectivity index (χ0n) is 20.6. The van der Waals surface area contributed by atoms with Crippen molar-refractivity contribution in [3.8, 4) is 5.88 Å². The van der Waals surface area contributed by atoms with E-state index < -0.39 is 22.2 Å². The molecular weight excluding hydrogens is 470 g/mol. The molecule has 3 atom stereocenters. The van der Waals surface area contributed by atoms with Gasteiger partial charge in [0.25, 0.3) is 15.9 Å². The summed E-state index contributed by atoms with van der Waals surface area (Å²) < 4.78 is 35.2. The summed E-state index contributed by atoms with van der Waals surface area (Å²) in [6.45, 7) is 3.85. The number of imidazole rings is 1. The molecule has 3 heterocycles. The lowest BCUT2D eigenvalue weighted by atomic mass is 9.99. The molecule has 2 aromatic rings. The second-order valence-corrected chi connectivity index (χ2v) is 11.5. The number of amides is 1. The van der Waals surface area contributed by atoms with Gasteiger partial charge in [-0.05, 0) is 43.4 Å². The predicted octanol–water partition coefficient (Wildman–Crippen LogP) is 1.92. The summed E-state index contributed by atoms with van der Waals surface area (Å²) in [5.41, 5.74) is 2.36. The molecule has 1 aliphatic heterocycles. The highest BCUT2D eigenvalue weighted by atomic mass is 32.2. The highest BCUT2D eigenvalue weighted by Gasteiger charge is 2.36. The summed E-state index contributed by atoms with van der Waals surface area (Å²) >= 11 is 0. The Bertz CT molecular complexity index is 1220. The minimum Gasteiger partial charge on any atom is -0.472 e. The van der Waals surface area contributed by atoms with Crippen molar-refractivity contribution in [1.29, 1.82) is 0 Å². The topological polar surface area (TPSA) is 118 Å². The van der Waals surface area contributed by atoms with Crippen molar-refractivity contribution in [1.82, 2.24) is 23.7 Å². The van der Waals surface area contributed by atoms with Crippen LogP contribution in [0.3, 0.4) is 0 Å². The van der Waals surface area contributed by atoms with Crippen molar-refractivity contribution >= 4 is 21.5 Å². The quantitative estimate of drug-likeness (QED) is 0.613. The number of sulfonamides is 1. The lowest BCUT2D eigenvalue weighted by molar-refractivity contribution is 0.0373. The number of aromatic nitrogens is 3. The molecule has 2 aromatic heterocycles.